The number of hydrogen-bond acceptors (Lipinski definition) is 8. The first-order valence-electron chi connectivity index (χ1n) is 10.7. The molecule has 2 aliphatic heterocycles. The molecule has 2 N–H and O–H groups in total. The van der Waals surface area contributed by atoms with E-state index in [1.807, 2.05) is 20.8 Å². The first-order chi connectivity index (χ1) is 15.6. The minimum Gasteiger partial charge on any atom is -0.492 e. The maximum Gasteiger partial charge on any atom is 0.231 e. The van der Waals surface area contributed by atoms with Gasteiger partial charge in [-0.2, -0.15) is 5.26 Å². The number of allylic oxidation sites excluding steroid dienone is 3. The number of Topliss-reactive ketones (excluding diaryl/α,β-unsaturated/α-hetero) is 1. The summed E-state index contributed by atoms with van der Waals surface area (Å²) in [5.41, 5.74) is 7.67. The number of benzene rings is 1. The highest BCUT2D eigenvalue weighted by Gasteiger charge is 2.46. The summed E-state index contributed by atoms with van der Waals surface area (Å²) < 4.78 is 28.8. The molecule has 1 aromatic carbocycles. The van der Waals surface area contributed by atoms with E-state index >= 15 is 0 Å². The van der Waals surface area contributed by atoms with E-state index < -0.39 is 5.92 Å². The van der Waals surface area contributed by atoms with Crippen LogP contribution in [-0.2, 0) is 16.0 Å². The predicted octanol–water partition coefficient (Wildman–Crippen LogP) is 4.05. The zero-order valence-corrected chi connectivity index (χ0v) is 20.1. The Balaban J connectivity index is 2.09. The second kappa shape index (κ2) is 8.38. The molecule has 2 atom stereocenters. The standard InChI is InChI=1S/C24H27ClN2O6/c1-11(25)6-12-17(20(30-5)22-21(19(12)29-4)31-10-32-22)16-13(9-26)23(27)33-15-8-24(2,3)7-14(28)18(15)16/h11,16H,6-8,10,27H2,1-5H3/t11-,16+/m0/s1. The average Bonchev–Trinajstić information content (AvgIpc) is 3.19. The number of fused-ring (bicyclic) bond motifs is 1. The van der Waals surface area contributed by atoms with Crippen LogP contribution in [-0.4, -0.2) is 32.2 Å². The molecule has 9 heteroatoms. The summed E-state index contributed by atoms with van der Waals surface area (Å²) in [4.78, 5) is 13.5. The number of halogens is 1. The maximum atomic E-state index is 13.5. The Bertz CT molecular complexity index is 1130. The van der Waals surface area contributed by atoms with Crippen molar-refractivity contribution < 1.29 is 28.5 Å². The topological polar surface area (TPSA) is 113 Å². The molecule has 8 nitrogen and oxygen atoms in total. The van der Waals surface area contributed by atoms with Crippen molar-refractivity contribution in [3.8, 4) is 29.1 Å². The van der Waals surface area contributed by atoms with Crippen LogP contribution in [0.1, 0.15) is 50.7 Å². The molecule has 0 spiro atoms. The molecular weight excluding hydrogens is 448 g/mol. The molecule has 0 radical (unpaired) electrons. The van der Waals surface area contributed by atoms with E-state index in [1.54, 1.807) is 0 Å². The zero-order chi connectivity index (χ0) is 24.1. The molecule has 0 bridgehead atoms. The minimum atomic E-state index is -0.814. The minimum absolute atomic E-state index is 0.0146. The van der Waals surface area contributed by atoms with Crippen LogP contribution in [0.4, 0.5) is 0 Å². The summed E-state index contributed by atoms with van der Waals surface area (Å²) in [5, 5.41) is 9.78. The number of nitrogens with two attached hydrogens (primary N) is 1. The highest BCUT2D eigenvalue weighted by molar-refractivity contribution is 6.20. The van der Waals surface area contributed by atoms with E-state index in [0.29, 0.717) is 64.7 Å². The number of methoxy groups -OCH3 is 2. The lowest BCUT2D eigenvalue weighted by Crippen LogP contribution is -2.34. The molecule has 0 unspecified atom stereocenters. The third kappa shape index (κ3) is 3.74. The Morgan fingerprint density at radius 2 is 1.85 bits per heavy atom. The number of ether oxygens (including phenoxy) is 5. The normalized spacial score (nSPS) is 21.8. The highest BCUT2D eigenvalue weighted by Crippen LogP contribution is 2.58. The fourth-order valence-electron chi connectivity index (χ4n) is 4.92. The smallest absolute Gasteiger partial charge is 0.231 e. The van der Waals surface area contributed by atoms with Crippen molar-refractivity contribution in [1.82, 2.24) is 0 Å². The van der Waals surface area contributed by atoms with Crippen molar-refractivity contribution in [1.29, 1.82) is 5.26 Å². The number of alkyl halides is 1. The van der Waals surface area contributed by atoms with Crippen molar-refractivity contribution in [2.24, 2.45) is 11.1 Å². The summed E-state index contributed by atoms with van der Waals surface area (Å²) in [7, 11) is 3.02. The molecule has 176 valence electrons. The van der Waals surface area contributed by atoms with Gasteiger partial charge in [-0.05, 0) is 18.8 Å². The molecule has 3 aliphatic rings. The van der Waals surface area contributed by atoms with Gasteiger partial charge in [-0.25, -0.2) is 0 Å². The van der Waals surface area contributed by atoms with E-state index in [4.69, 9.17) is 41.0 Å². The van der Waals surface area contributed by atoms with E-state index in [0.717, 1.165) is 0 Å². The monoisotopic (exact) mass is 474 g/mol. The van der Waals surface area contributed by atoms with Gasteiger partial charge in [-0.1, -0.05) is 13.8 Å². The fraction of sp³-hybridized carbons (Fsp3) is 0.500. The van der Waals surface area contributed by atoms with Gasteiger partial charge in [0.05, 0.1) is 20.1 Å². The van der Waals surface area contributed by atoms with Crippen molar-refractivity contribution >= 4 is 17.4 Å². The van der Waals surface area contributed by atoms with Crippen LogP contribution < -0.4 is 24.7 Å². The lowest BCUT2D eigenvalue weighted by Gasteiger charge is -2.38. The van der Waals surface area contributed by atoms with Gasteiger partial charge >= 0.3 is 0 Å². The molecule has 1 aromatic rings. The van der Waals surface area contributed by atoms with Gasteiger partial charge in [-0.15, -0.1) is 11.6 Å². The van der Waals surface area contributed by atoms with Gasteiger partial charge in [0.25, 0.3) is 0 Å². The lowest BCUT2D eigenvalue weighted by molar-refractivity contribution is -0.119. The van der Waals surface area contributed by atoms with Crippen LogP contribution in [0.15, 0.2) is 22.8 Å². The van der Waals surface area contributed by atoms with Crippen molar-refractivity contribution in [2.45, 2.75) is 51.3 Å². The van der Waals surface area contributed by atoms with Crippen LogP contribution in [0.2, 0.25) is 0 Å². The number of nitrogens with zero attached hydrogens (tertiary/aromatic N) is 1. The zero-order valence-electron chi connectivity index (χ0n) is 19.3. The summed E-state index contributed by atoms with van der Waals surface area (Å²) in [5.74, 6) is 1.06. The number of ketones is 1. The van der Waals surface area contributed by atoms with Gasteiger partial charge in [0.2, 0.25) is 24.2 Å². The molecule has 0 aromatic heterocycles. The van der Waals surface area contributed by atoms with Crippen LogP contribution in [0, 0.1) is 16.7 Å². The Morgan fingerprint density at radius 3 is 2.42 bits per heavy atom. The Kier molecular flexibility index (Phi) is 5.87. The van der Waals surface area contributed by atoms with Gasteiger partial charge in [-0.3, -0.25) is 4.79 Å². The van der Waals surface area contributed by atoms with Crippen LogP contribution in [0.3, 0.4) is 0 Å². The van der Waals surface area contributed by atoms with E-state index in [2.05, 4.69) is 6.07 Å². The second-order valence-corrected chi connectivity index (χ2v) is 9.96. The maximum absolute atomic E-state index is 13.5. The first kappa shape index (κ1) is 23.1. The first-order valence-corrected chi connectivity index (χ1v) is 11.1. The summed E-state index contributed by atoms with van der Waals surface area (Å²) in [6.07, 6.45) is 1.19. The fourth-order valence-corrected chi connectivity index (χ4v) is 5.07. The third-order valence-electron chi connectivity index (χ3n) is 6.13. The van der Waals surface area contributed by atoms with E-state index in [9.17, 15) is 10.1 Å². The van der Waals surface area contributed by atoms with Gasteiger partial charge in [0, 0.05) is 34.9 Å². The van der Waals surface area contributed by atoms with Gasteiger partial charge in [0.1, 0.15) is 17.4 Å². The number of rotatable bonds is 5. The number of hydrogen-bond donors (Lipinski definition) is 1. The van der Waals surface area contributed by atoms with Crippen LogP contribution >= 0.6 is 11.6 Å². The molecular formula is C24H27ClN2O6. The molecule has 33 heavy (non-hydrogen) atoms. The van der Waals surface area contributed by atoms with Crippen molar-refractivity contribution in [3.05, 3.63) is 33.9 Å². The summed E-state index contributed by atoms with van der Waals surface area (Å²) in [6, 6.07) is 2.16. The number of carbonyl (C=O) groups excluding carboxylic acids is 1. The Labute approximate surface area is 197 Å². The SMILES string of the molecule is COc1c(C[C@H](C)Cl)c([C@H]2C(C#N)=C(N)OC3=C2C(=O)CC(C)(C)C3)c(OC)c2c1OCO2. The van der Waals surface area contributed by atoms with E-state index in [-0.39, 0.29) is 34.8 Å². The molecule has 0 saturated carbocycles. The molecule has 2 heterocycles. The third-order valence-corrected chi connectivity index (χ3v) is 6.28. The quantitative estimate of drug-likeness (QED) is 0.636. The molecule has 1 aliphatic carbocycles. The summed E-state index contributed by atoms with van der Waals surface area (Å²) >= 11 is 6.43. The van der Waals surface area contributed by atoms with Crippen LogP contribution in [0.5, 0.6) is 23.0 Å². The number of nitriles is 1. The number of carbonyl (C=O) groups is 1. The molecule has 0 saturated heterocycles. The second-order valence-electron chi connectivity index (χ2n) is 9.21. The van der Waals surface area contributed by atoms with Crippen molar-refractivity contribution in [3.63, 3.8) is 0 Å². The molecule has 0 amide bonds. The molecule has 4 rings (SSSR count). The van der Waals surface area contributed by atoms with Gasteiger partial charge in [0.15, 0.2) is 17.3 Å². The predicted molar refractivity (Wildman–Crippen MR) is 120 cm³/mol. The highest BCUT2D eigenvalue weighted by atomic mass is 35.5. The lowest BCUT2D eigenvalue weighted by atomic mass is 9.69. The molecule has 0 fully saturated rings. The average molecular weight is 475 g/mol. The summed E-state index contributed by atoms with van der Waals surface area (Å²) in [6.45, 7) is 5.83. The Hall–Kier alpha value is -3.05. The van der Waals surface area contributed by atoms with E-state index in [1.165, 1.54) is 14.2 Å². The van der Waals surface area contributed by atoms with Crippen LogP contribution in [0.25, 0.3) is 0 Å². The Morgan fingerprint density at radius 1 is 1.21 bits per heavy atom. The largest absolute Gasteiger partial charge is 0.492 e. The van der Waals surface area contributed by atoms with Crippen molar-refractivity contribution in [2.75, 3.05) is 21.0 Å². The van der Waals surface area contributed by atoms with Gasteiger partial charge < -0.3 is 29.4 Å².